The van der Waals surface area contributed by atoms with Gasteiger partial charge in [0.15, 0.2) is 0 Å². The van der Waals surface area contributed by atoms with Gasteiger partial charge < -0.3 is 10.6 Å². The summed E-state index contributed by atoms with van der Waals surface area (Å²) in [5, 5.41) is 10.3. The highest BCUT2D eigenvalue weighted by Gasteiger charge is 2.31. The van der Waals surface area contributed by atoms with Crippen molar-refractivity contribution in [3.05, 3.63) is 35.4 Å². The quantitative estimate of drug-likeness (QED) is 0.895. The maximum absolute atomic E-state index is 12.6. The van der Waals surface area contributed by atoms with Crippen molar-refractivity contribution in [2.45, 2.75) is 18.6 Å². The Morgan fingerprint density at radius 3 is 2.62 bits per heavy atom. The molecule has 0 saturated heterocycles. The van der Waals surface area contributed by atoms with Crippen LogP contribution in [0.2, 0.25) is 0 Å². The maximum atomic E-state index is 12.6. The van der Waals surface area contributed by atoms with Crippen LogP contribution in [-0.2, 0) is 6.18 Å². The Morgan fingerprint density at radius 2 is 2.00 bits per heavy atom. The number of halogens is 3. The normalized spacial score (nSPS) is 18.0. The van der Waals surface area contributed by atoms with Gasteiger partial charge in [-0.25, -0.2) is 4.68 Å². The average Bonchev–Trinajstić information content (AvgIpc) is 2.89. The van der Waals surface area contributed by atoms with Gasteiger partial charge in [0.05, 0.1) is 11.6 Å². The Kier molecular flexibility index (Phi) is 3.23. The van der Waals surface area contributed by atoms with E-state index >= 15 is 0 Å². The summed E-state index contributed by atoms with van der Waals surface area (Å²) in [5.41, 5.74) is 0.146. The van der Waals surface area contributed by atoms with Gasteiger partial charge in [-0.05, 0) is 24.1 Å². The van der Waals surface area contributed by atoms with Crippen LogP contribution >= 0.6 is 0 Å². The highest BCUT2D eigenvalue weighted by Crippen LogP contribution is 2.33. The Labute approximate surface area is 119 Å². The molecule has 0 spiro atoms. The van der Waals surface area contributed by atoms with E-state index in [1.165, 1.54) is 12.1 Å². The molecular weight excluding hydrogens is 283 g/mol. The standard InChI is InChI=1S/C13H14F3N5/c1-17-11-19-12-18-7-6-10(21(12)20-11)8-2-4-9(5-3-8)13(14,15)16/h2-5,10H,6-7H2,1H3,(H2,17,18,19,20). The molecule has 5 nitrogen and oxygen atoms in total. The van der Waals surface area contributed by atoms with Gasteiger partial charge in [0.2, 0.25) is 11.9 Å². The molecule has 1 aromatic carbocycles. The monoisotopic (exact) mass is 297 g/mol. The zero-order valence-electron chi connectivity index (χ0n) is 11.3. The summed E-state index contributed by atoms with van der Waals surface area (Å²) in [7, 11) is 1.72. The third kappa shape index (κ3) is 2.53. The van der Waals surface area contributed by atoms with Crippen LogP contribution in [0.15, 0.2) is 24.3 Å². The molecule has 1 aliphatic rings. The smallest absolute Gasteiger partial charge is 0.356 e. The number of benzene rings is 1. The van der Waals surface area contributed by atoms with E-state index in [1.54, 1.807) is 11.7 Å². The molecule has 1 aliphatic heterocycles. The van der Waals surface area contributed by atoms with E-state index in [0.717, 1.165) is 24.1 Å². The van der Waals surface area contributed by atoms with Crippen molar-refractivity contribution >= 4 is 11.9 Å². The van der Waals surface area contributed by atoms with E-state index in [0.29, 0.717) is 18.4 Å². The molecule has 112 valence electrons. The Balaban J connectivity index is 1.93. The summed E-state index contributed by atoms with van der Waals surface area (Å²) < 4.78 is 39.5. The second-order valence-corrected chi connectivity index (χ2v) is 4.80. The van der Waals surface area contributed by atoms with Gasteiger partial charge in [-0.2, -0.15) is 18.2 Å². The molecule has 0 saturated carbocycles. The fourth-order valence-electron chi connectivity index (χ4n) is 2.41. The Bertz CT molecular complexity index is 632. The number of hydrogen-bond donors (Lipinski definition) is 2. The number of alkyl halides is 3. The second kappa shape index (κ2) is 4.94. The lowest BCUT2D eigenvalue weighted by molar-refractivity contribution is -0.137. The van der Waals surface area contributed by atoms with Crippen molar-refractivity contribution in [1.29, 1.82) is 0 Å². The fraction of sp³-hybridized carbons (Fsp3) is 0.385. The molecular formula is C13H14F3N5. The minimum atomic E-state index is -4.32. The van der Waals surface area contributed by atoms with E-state index in [2.05, 4.69) is 20.7 Å². The van der Waals surface area contributed by atoms with Crippen LogP contribution in [0.25, 0.3) is 0 Å². The first-order chi connectivity index (χ1) is 9.99. The summed E-state index contributed by atoms with van der Waals surface area (Å²) in [6, 6.07) is 5.10. The minimum Gasteiger partial charge on any atom is -0.356 e. The highest BCUT2D eigenvalue weighted by molar-refractivity contribution is 5.39. The summed E-state index contributed by atoms with van der Waals surface area (Å²) in [6.45, 7) is 0.702. The van der Waals surface area contributed by atoms with Gasteiger partial charge in [-0.3, -0.25) is 0 Å². The molecule has 2 aromatic rings. The SMILES string of the molecule is CNc1nc2n(n1)C(c1ccc(C(F)(F)F)cc1)CCN2. The highest BCUT2D eigenvalue weighted by atomic mass is 19.4. The van der Waals surface area contributed by atoms with Crippen LogP contribution in [0, 0.1) is 0 Å². The lowest BCUT2D eigenvalue weighted by atomic mass is 10.0. The zero-order valence-corrected chi connectivity index (χ0v) is 11.3. The van der Waals surface area contributed by atoms with Gasteiger partial charge in [0.25, 0.3) is 0 Å². The second-order valence-electron chi connectivity index (χ2n) is 4.80. The van der Waals surface area contributed by atoms with Crippen LogP contribution in [0.5, 0.6) is 0 Å². The number of anilines is 2. The number of rotatable bonds is 2. The van der Waals surface area contributed by atoms with Crippen LogP contribution in [0.3, 0.4) is 0 Å². The van der Waals surface area contributed by atoms with Gasteiger partial charge in [0, 0.05) is 13.6 Å². The van der Waals surface area contributed by atoms with E-state index in [9.17, 15) is 13.2 Å². The van der Waals surface area contributed by atoms with Gasteiger partial charge in [-0.15, -0.1) is 5.10 Å². The molecule has 2 N–H and O–H groups in total. The van der Waals surface area contributed by atoms with Crippen LogP contribution in [-0.4, -0.2) is 28.4 Å². The average molecular weight is 297 g/mol. The molecule has 0 bridgehead atoms. The molecule has 0 aliphatic carbocycles. The first-order valence-electron chi connectivity index (χ1n) is 6.54. The number of hydrogen-bond acceptors (Lipinski definition) is 4. The molecule has 1 unspecified atom stereocenters. The zero-order chi connectivity index (χ0) is 15.0. The van der Waals surface area contributed by atoms with E-state index in [1.807, 2.05) is 0 Å². The molecule has 21 heavy (non-hydrogen) atoms. The fourth-order valence-corrected chi connectivity index (χ4v) is 2.41. The minimum absolute atomic E-state index is 0.113. The van der Waals surface area contributed by atoms with Crippen molar-refractivity contribution in [3.63, 3.8) is 0 Å². The topological polar surface area (TPSA) is 54.8 Å². The Morgan fingerprint density at radius 1 is 1.29 bits per heavy atom. The van der Waals surface area contributed by atoms with E-state index in [-0.39, 0.29) is 6.04 Å². The lowest BCUT2D eigenvalue weighted by Gasteiger charge is -2.24. The first-order valence-corrected chi connectivity index (χ1v) is 6.54. The van der Waals surface area contributed by atoms with Gasteiger partial charge in [0.1, 0.15) is 0 Å². The number of fused-ring (bicyclic) bond motifs is 1. The third-order valence-corrected chi connectivity index (χ3v) is 3.47. The number of nitrogens with one attached hydrogen (secondary N) is 2. The summed E-state index contributed by atoms with van der Waals surface area (Å²) in [5.74, 6) is 1.10. The molecule has 8 heteroatoms. The van der Waals surface area contributed by atoms with Crippen molar-refractivity contribution in [1.82, 2.24) is 14.8 Å². The summed E-state index contributed by atoms with van der Waals surface area (Å²) >= 11 is 0. The van der Waals surface area contributed by atoms with E-state index < -0.39 is 11.7 Å². The summed E-state index contributed by atoms with van der Waals surface area (Å²) in [4.78, 5) is 4.25. The van der Waals surface area contributed by atoms with Crippen molar-refractivity contribution in [3.8, 4) is 0 Å². The lowest BCUT2D eigenvalue weighted by Crippen LogP contribution is -2.24. The number of aromatic nitrogens is 3. The molecule has 1 aromatic heterocycles. The molecule has 3 rings (SSSR count). The van der Waals surface area contributed by atoms with Gasteiger partial charge >= 0.3 is 6.18 Å². The Hall–Kier alpha value is -2.25. The van der Waals surface area contributed by atoms with Crippen LogP contribution in [0.1, 0.15) is 23.6 Å². The van der Waals surface area contributed by atoms with E-state index in [4.69, 9.17) is 0 Å². The summed E-state index contributed by atoms with van der Waals surface area (Å²) in [6.07, 6.45) is -3.57. The molecule has 0 radical (unpaired) electrons. The van der Waals surface area contributed by atoms with Crippen LogP contribution in [0.4, 0.5) is 25.1 Å². The molecule has 0 amide bonds. The molecule has 2 heterocycles. The third-order valence-electron chi connectivity index (χ3n) is 3.47. The number of nitrogens with zero attached hydrogens (tertiary/aromatic N) is 3. The van der Waals surface area contributed by atoms with Crippen molar-refractivity contribution in [2.75, 3.05) is 24.2 Å². The molecule has 1 atom stereocenters. The van der Waals surface area contributed by atoms with Crippen molar-refractivity contribution < 1.29 is 13.2 Å². The first kappa shape index (κ1) is 13.7. The predicted molar refractivity (Wildman–Crippen MR) is 72.3 cm³/mol. The van der Waals surface area contributed by atoms with Gasteiger partial charge in [-0.1, -0.05) is 12.1 Å². The van der Waals surface area contributed by atoms with Crippen molar-refractivity contribution in [2.24, 2.45) is 0 Å². The maximum Gasteiger partial charge on any atom is 0.416 e. The largest absolute Gasteiger partial charge is 0.416 e. The molecule has 0 fully saturated rings. The van der Waals surface area contributed by atoms with Crippen LogP contribution < -0.4 is 10.6 Å². The predicted octanol–water partition coefficient (Wildman–Crippen LogP) is 2.74.